The third-order valence-electron chi connectivity index (χ3n) is 2.44. The zero-order valence-electron chi connectivity index (χ0n) is 11.0. The minimum Gasteiger partial charge on any atom is -0.383 e. The van der Waals surface area contributed by atoms with Crippen LogP contribution < -0.4 is 5.32 Å². The van der Waals surface area contributed by atoms with Crippen molar-refractivity contribution in [2.45, 2.75) is 33.1 Å². The number of methoxy groups -OCH3 is 1. The average Bonchev–Trinajstić information content (AvgIpc) is 2.74. The monoisotopic (exact) mass is 257 g/mol. The Morgan fingerprint density at radius 3 is 2.53 bits per heavy atom. The molecule has 1 aromatic heterocycles. The molecule has 1 heterocycles. The summed E-state index contributed by atoms with van der Waals surface area (Å²) in [7, 11) is 1.72. The van der Waals surface area contributed by atoms with E-state index in [0.717, 1.165) is 43.5 Å². The van der Waals surface area contributed by atoms with Gasteiger partial charge in [0.1, 0.15) is 10.0 Å². The Kier molecular flexibility index (Phi) is 7.32. The fourth-order valence-electron chi connectivity index (χ4n) is 1.40. The highest BCUT2D eigenvalue weighted by molar-refractivity contribution is 7.11. The van der Waals surface area contributed by atoms with Crippen molar-refractivity contribution >= 4 is 11.3 Å². The van der Waals surface area contributed by atoms with E-state index in [1.54, 1.807) is 18.4 Å². The first-order chi connectivity index (χ1) is 8.22. The second-order valence-electron chi connectivity index (χ2n) is 4.51. The summed E-state index contributed by atoms with van der Waals surface area (Å²) in [6, 6.07) is 0. The lowest BCUT2D eigenvalue weighted by Crippen LogP contribution is -2.21. The average molecular weight is 257 g/mol. The van der Waals surface area contributed by atoms with Crippen molar-refractivity contribution in [2.24, 2.45) is 5.92 Å². The first-order valence-corrected chi connectivity index (χ1v) is 7.05. The van der Waals surface area contributed by atoms with Gasteiger partial charge in [-0.05, 0) is 12.3 Å². The van der Waals surface area contributed by atoms with Gasteiger partial charge < -0.3 is 10.1 Å². The van der Waals surface area contributed by atoms with Gasteiger partial charge in [0, 0.05) is 33.0 Å². The van der Waals surface area contributed by atoms with Crippen LogP contribution in [0.4, 0.5) is 0 Å². The van der Waals surface area contributed by atoms with E-state index in [1.165, 1.54) is 11.4 Å². The number of nitrogens with one attached hydrogen (secondary N) is 1. The van der Waals surface area contributed by atoms with Crippen LogP contribution >= 0.6 is 11.3 Å². The minimum atomic E-state index is 0.734. The van der Waals surface area contributed by atoms with Crippen molar-refractivity contribution in [1.29, 1.82) is 0 Å². The Morgan fingerprint density at radius 2 is 1.88 bits per heavy atom. The zero-order chi connectivity index (χ0) is 12.5. The summed E-state index contributed by atoms with van der Waals surface area (Å²) in [6.07, 6.45) is 3.22. The Hall–Kier alpha value is -0.520. The molecule has 0 unspecified atom stereocenters. The third-order valence-corrected chi connectivity index (χ3v) is 3.49. The number of ether oxygens (including phenoxy) is 1. The van der Waals surface area contributed by atoms with Crippen LogP contribution in [0.3, 0.4) is 0 Å². The van der Waals surface area contributed by atoms with Crippen molar-refractivity contribution in [1.82, 2.24) is 15.5 Å². The van der Waals surface area contributed by atoms with Gasteiger partial charge in [-0.3, -0.25) is 0 Å². The lowest BCUT2D eigenvalue weighted by atomic mass is 10.1. The summed E-state index contributed by atoms with van der Waals surface area (Å²) in [5.74, 6) is 0.734. The molecule has 1 aromatic rings. The Labute approximate surface area is 108 Å². The SMILES string of the molecule is COCCNCCc1nnc(CCC(C)C)s1. The van der Waals surface area contributed by atoms with Crippen molar-refractivity contribution in [3.8, 4) is 0 Å². The molecule has 0 spiro atoms. The smallest absolute Gasteiger partial charge is 0.118 e. The van der Waals surface area contributed by atoms with E-state index in [2.05, 4.69) is 29.4 Å². The second-order valence-corrected chi connectivity index (χ2v) is 5.66. The summed E-state index contributed by atoms with van der Waals surface area (Å²) in [5, 5.41) is 14.0. The lowest BCUT2D eigenvalue weighted by molar-refractivity contribution is 0.199. The normalized spacial score (nSPS) is 11.3. The fourth-order valence-corrected chi connectivity index (χ4v) is 2.26. The maximum atomic E-state index is 4.96. The molecule has 0 saturated heterocycles. The molecule has 0 aromatic carbocycles. The van der Waals surface area contributed by atoms with Crippen LogP contribution in [0.15, 0.2) is 0 Å². The van der Waals surface area contributed by atoms with E-state index in [1.807, 2.05) is 0 Å². The highest BCUT2D eigenvalue weighted by Gasteiger charge is 2.04. The number of aromatic nitrogens is 2. The van der Waals surface area contributed by atoms with Crippen molar-refractivity contribution in [2.75, 3.05) is 26.8 Å². The van der Waals surface area contributed by atoms with Crippen LogP contribution in [-0.2, 0) is 17.6 Å². The number of hydrogen-bond acceptors (Lipinski definition) is 5. The summed E-state index contributed by atoms with van der Waals surface area (Å²) >= 11 is 1.75. The predicted molar refractivity (Wildman–Crippen MR) is 71.5 cm³/mol. The highest BCUT2D eigenvalue weighted by atomic mass is 32.1. The Balaban J connectivity index is 2.17. The quantitative estimate of drug-likeness (QED) is 0.686. The third kappa shape index (κ3) is 6.71. The van der Waals surface area contributed by atoms with Crippen LogP contribution in [0, 0.1) is 5.92 Å². The molecular formula is C12H23N3OS. The predicted octanol–water partition coefficient (Wildman–Crippen LogP) is 1.91. The maximum Gasteiger partial charge on any atom is 0.118 e. The number of nitrogens with zero attached hydrogens (tertiary/aromatic N) is 2. The summed E-state index contributed by atoms with van der Waals surface area (Å²) in [4.78, 5) is 0. The van der Waals surface area contributed by atoms with Crippen LogP contribution in [0.1, 0.15) is 30.3 Å². The maximum absolute atomic E-state index is 4.96. The fraction of sp³-hybridized carbons (Fsp3) is 0.833. The van der Waals surface area contributed by atoms with Gasteiger partial charge in [0.05, 0.1) is 6.61 Å². The van der Waals surface area contributed by atoms with Crippen molar-refractivity contribution in [3.63, 3.8) is 0 Å². The van der Waals surface area contributed by atoms with E-state index in [-0.39, 0.29) is 0 Å². The first kappa shape index (κ1) is 14.5. The van der Waals surface area contributed by atoms with Gasteiger partial charge >= 0.3 is 0 Å². The standard InChI is InChI=1S/C12H23N3OS/c1-10(2)4-5-11-14-15-12(17-11)6-7-13-8-9-16-3/h10,13H,4-9H2,1-3H3. The van der Waals surface area contributed by atoms with E-state index in [9.17, 15) is 0 Å². The van der Waals surface area contributed by atoms with E-state index in [4.69, 9.17) is 4.74 Å². The molecule has 1 rings (SSSR count). The van der Waals surface area contributed by atoms with Crippen LogP contribution in [0.5, 0.6) is 0 Å². The number of hydrogen-bond donors (Lipinski definition) is 1. The molecule has 0 aliphatic rings. The van der Waals surface area contributed by atoms with Gasteiger partial charge in [0.15, 0.2) is 0 Å². The van der Waals surface area contributed by atoms with Crippen molar-refractivity contribution < 1.29 is 4.74 Å². The van der Waals surface area contributed by atoms with E-state index < -0.39 is 0 Å². The molecule has 0 radical (unpaired) electrons. The molecule has 0 bridgehead atoms. The molecule has 5 heteroatoms. The first-order valence-electron chi connectivity index (χ1n) is 6.23. The minimum absolute atomic E-state index is 0.734. The molecule has 0 aliphatic heterocycles. The molecule has 0 amide bonds. The van der Waals surface area contributed by atoms with Crippen LogP contribution in [0.2, 0.25) is 0 Å². The Bertz CT molecular complexity index is 302. The molecule has 0 saturated carbocycles. The molecule has 0 atom stereocenters. The van der Waals surface area contributed by atoms with Gasteiger partial charge in [-0.1, -0.05) is 13.8 Å². The van der Waals surface area contributed by atoms with Crippen LogP contribution in [-0.4, -0.2) is 37.0 Å². The zero-order valence-corrected chi connectivity index (χ0v) is 11.8. The molecular weight excluding hydrogens is 234 g/mol. The van der Waals surface area contributed by atoms with Gasteiger partial charge in [-0.25, -0.2) is 0 Å². The largest absolute Gasteiger partial charge is 0.383 e. The van der Waals surface area contributed by atoms with Gasteiger partial charge in [-0.15, -0.1) is 21.5 Å². The van der Waals surface area contributed by atoms with Gasteiger partial charge in [0.2, 0.25) is 0 Å². The molecule has 0 fully saturated rings. The summed E-state index contributed by atoms with van der Waals surface area (Å²) in [6.45, 7) is 7.08. The summed E-state index contributed by atoms with van der Waals surface area (Å²) < 4.78 is 4.96. The van der Waals surface area contributed by atoms with Gasteiger partial charge in [0.25, 0.3) is 0 Å². The molecule has 4 nitrogen and oxygen atoms in total. The van der Waals surface area contributed by atoms with Crippen molar-refractivity contribution in [3.05, 3.63) is 10.0 Å². The molecule has 98 valence electrons. The Morgan fingerprint density at radius 1 is 1.18 bits per heavy atom. The van der Waals surface area contributed by atoms with Gasteiger partial charge in [-0.2, -0.15) is 0 Å². The molecule has 17 heavy (non-hydrogen) atoms. The molecule has 1 N–H and O–H groups in total. The van der Waals surface area contributed by atoms with Crippen LogP contribution in [0.25, 0.3) is 0 Å². The van der Waals surface area contributed by atoms with E-state index in [0.29, 0.717) is 0 Å². The molecule has 0 aliphatic carbocycles. The summed E-state index contributed by atoms with van der Waals surface area (Å²) in [5.41, 5.74) is 0. The number of rotatable bonds is 9. The highest BCUT2D eigenvalue weighted by Crippen LogP contribution is 2.14. The topological polar surface area (TPSA) is 47.0 Å². The number of aryl methyl sites for hydroxylation is 1. The second kappa shape index (κ2) is 8.55. The van der Waals surface area contributed by atoms with E-state index >= 15 is 0 Å². The lowest BCUT2D eigenvalue weighted by Gasteiger charge is -2.01.